The normalized spacial score (nSPS) is 18.9. The molecule has 6 heteroatoms. The second-order valence-corrected chi connectivity index (χ2v) is 6.09. The van der Waals surface area contributed by atoms with E-state index in [1.54, 1.807) is 19.4 Å². The van der Waals surface area contributed by atoms with Crippen LogP contribution in [0.15, 0.2) is 36.8 Å². The highest BCUT2D eigenvalue weighted by Crippen LogP contribution is 2.44. The highest BCUT2D eigenvalue weighted by atomic mass is 16.5. The Morgan fingerprint density at radius 3 is 2.87 bits per heavy atom. The number of rotatable bonds is 3. The average molecular weight is 313 g/mol. The molecule has 0 saturated carbocycles. The lowest BCUT2D eigenvalue weighted by Gasteiger charge is -2.39. The number of imidazole rings is 1. The molecule has 1 N–H and O–H groups in total. The number of esters is 1. The molecule has 0 spiro atoms. The Hall–Kier alpha value is -2.63. The van der Waals surface area contributed by atoms with Crippen molar-refractivity contribution in [3.63, 3.8) is 0 Å². The Labute approximate surface area is 134 Å². The molecule has 2 heterocycles. The zero-order valence-corrected chi connectivity index (χ0v) is 13.4. The summed E-state index contributed by atoms with van der Waals surface area (Å²) >= 11 is 0. The lowest BCUT2D eigenvalue weighted by Crippen LogP contribution is -2.43. The maximum atomic E-state index is 12.5. The van der Waals surface area contributed by atoms with Gasteiger partial charge >= 0.3 is 5.97 Å². The summed E-state index contributed by atoms with van der Waals surface area (Å²) in [5.74, 6) is -0.523. The molecule has 120 valence electrons. The predicted molar refractivity (Wildman–Crippen MR) is 85.2 cm³/mol. The molecule has 2 aromatic rings. The van der Waals surface area contributed by atoms with E-state index in [4.69, 9.17) is 4.74 Å². The number of nitrogens with zero attached hydrogens (tertiary/aromatic N) is 2. The van der Waals surface area contributed by atoms with Gasteiger partial charge in [-0.25, -0.2) is 9.78 Å². The van der Waals surface area contributed by atoms with Gasteiger partial charge in [-0.15, -0.1) is 0 Å². The summed E-state index contributed by atoms with van der Waals surface area (Å²) in [4.78, 5) is 28.4. The van der Waals surface area contributed by atoms with Gasteiger partial charge in [-0.2, -0.15) is 0 Å². The van der Waals surface area contributed by atoms with E-state index in [1.807, 2.05) is 42.7 Å². The number of amides is 1. The van der Waals surface area contributed by atoms with Crippen LogP contribution < -0.4 is 5.32 Å². The van der Waals surface area contributed by atoms with Gasteiger partial charge in [0.2, 0.25) is 5.91 Å². The first-order valence-electron chi connectivity index (χ1n) is 7.56. The molecule has 0 fully saturated rings. The summed E-state index contributed by atoms with van der Waals surface area (Å²) in [5, 5.41) is 2.94. The van der Waals surface area contributed by atoms with Gasteiger partial charge in [-0.05, 0) is 32.4 Å². The van der Waals surface area contributed by atoms with E-state index in [9.17, 15) is 9.59 Å². The average Bonchev–Trinajstić information content (AvgIpc) is 2.98. The second kappa shape index (κ2) is 5.53. The Bertz CT molecular complexity index is 764. The summed E-state index contributed by atoms with van der Waals surface area (Å²) in [7, 11) is 0. The van der Waals surface area contributed by atoms with Crippen LogP contribution in [-0.2, 0) is 9.53 Å². The van der Waals surface area contributed by atoms with Crippen LogP contribution >= 0.6 is 0 Å². The third-order valence-electron chi connectivity index (χ3n) is 4.16. The van der Waals surface area contributed by atoms with Gasteiger partial charge in [-0.3, -0.25) is 4.79 Å². The van der Waals surface area contributed by atoms with E-state index in [0.717, 1.165) is 11.3 Å². The van der Waals surface area contributed by atoms with Crippen LogP contribution in [-0.4, -0.2) is 28.0 Å². The Morgan fingerprint density at radius 1 is 1.39 bits per heavy atom. The smallest absolute Gasteiger partial charge is 0.358 e. The Kier molecular flexibility index (Phi) is 3.67. The van der Waals surface area contributed by atoms with Crippen molar-refractivity contribution in [1.82, 2.24) is 9.55 Å². The molecule has 1 aliphatic heterocycles. The molecule has 0 bridgehead atoms. The van der Waals surface area contributed by atoms with Crippen LogP contribution in [0.4, 0.5) is 5.69 Å². The molecule has 1 unspecified atom stereocenters. The van der Waals surface area contributed by atoms with Crippen LogP contribution in [0.5, 0.6) is 0 Å². The largest absolute Gasteiger partial charge is 0.461 e. The molecular formula is C17H19N3O3. The van der Waals surface area contributed by atoms with E-state index in [-0.39, 0.29) is 17.6 Å². The third-order valence-corrected chi connectivity index (χ3v) is 4.16. The number of hydrogen-bond acceptors (Lipinski definition) is 4. The van der Waals surface area contributed by atoms with Crippen molar-refractivity contribution in [2.24, 2.45) is 5.41 Å². The summed E-state index contributed by atoms with van der Waals surface area (Å²) in [6.07, 6.45) is 3.22. The molecule has 1 atom stereocenters. The molecule has 3 rings (SSSR count). The number of anilines is 1. The first kappa shape index (κ1) is 15.3. The number of nitrogens with one attached hydrogen (secondary N) is 1. The minimum absolute atomic E-state index is 0.0624. The summed E-state index contributed by atoms with van der Waals surface area (Å²) in [5.41, 5.74) is 1.34. The van der Waals surface area contributed by atoms with E-state index in [2.05, 4.69) is 10.3 Å². The van der Waals surface area contributed by atoms with Crippen LogP contribution in [0.3, 0.4) is 0 Å². The van der Waals surface area contributed by atoms with Gasteiger partial charge in [0.15, 0.2) is 5.69 Å². The van der Waals surface area contributed by atoms with Crippen LogP contribution in [0.2, 0.25) is 0 Å². The predicted octanol–water partition coefficient (Wildman–Crippen LogP) is 2.63. The zero-order chi connectivity index (χ0) is 16.6. The van der Waals surface area contributed by atoms with Gasteiger partial charge in [0.1, 0.15) is 0 Å². The quantitative estimate of drug-likeness (QED) is 0.884. The number of ether oxygens (including phenoxy) is 1. The van der Waals surface area contributed by atoms with E-state index < -0.39 is 11.4 Å². The highest BCUT2D eigenvalue weighted by molar-refractivity contribution is 5.99. The third kappa shape index (κ3) is 2.50. The molecule has 1 aromatic carbocycles. The van der Waals surface area contributed by atoms with Gasteiger partial charge in [0.05, 0.1) is 24.4 Å². The Morgan fingerprint density at radius 2 is 2.13 bits per heavy atom. The van der Waals surface area contributed by atoms with Crippen molar-refractivity contribution in [3.8, 4) is 0 Å². The molecule has 0 radical (unpaired) electrons. The molecule has 0 aliphatic carbocycles. The number of fused-ring (bicyclic) bond motifs is 1. The number of aromatic nitrogens is 2. The lowest BCUT2D eigenvalue weighted by molar-refractivity contribution is -0.126. The fourth-order valence-corrected chi connectivity index (χ4v) is 2.97. The Balaban J connectivity index is 2.06. The SMILES string of the molecule is CCOC(=O)c1cn(C2c3ccccc3NC(=O)C2(C)C)cn1. The summed E-state index contributed by atoms with van der Waals surface area (Å²) in [6, 6.07) is 7.42. The number of para-hydroxylation sites is 1. The second-order valence-electron chi connectivity index (χ2n) is 6.09. The van der Waals surface area contributed by atoms with E-state index in [1.165, 1.54) is 0 Å². The zero-order valence-electron chi connectivity index (χ0n) is 13.4. The summed E-state index contributed by atoms with van der Waals surface area (Å²) < 4.78 is 6.79. The van der Waals surface area contributed by atoms with Gasteiger partial charge < -0.3 is 14.6 Å². The van der Waals surface area contributed by atoms with Gasteiger partial charge in [0.25, 0.3) is 0 Å². The van der Waals surface area contributed by atoms with E-state index >= 15 is 0 Å². The van der Waals surface area contributed by atoms with Crippen molar-refractivity contribution in [1.29, 1.82) is 0 Å². The molecule has 6 nitrogen and oxygen atoms in total. The van der Waals surface area contributed by atoms with Crippen LogP contribution in [0.1, 0.15) is 42.9 Å². The van der Waals surface area contributed by atoms with Crippen molar-refractivity contribution in [2.75, 3.05) is 11.9 Å². The van der Waals surface area contributed by atoms with E-state index in [0.29, 0.717) is 6.61 Å². The minimum Gasteiger partial charge on any atom is -0.461 e. The highest BCUT2D eigenvalue weighted by Gasteiger charge is 2.43. The van der Waals surface area contributed by atoms with Crippen molar-refractivity contribution in [2.45, 2.75) is 26.8 Å². The minimum atomic E-state index is -0.680. The number of carbonyl (C=O) groups excluding carboxylic acids is 2. The monoisotopic (exact) mass is 313 g/mol. The van der Waals surface area contributed by atoms with Gasteiger partial charge in [0, 0.05) is 11.9 Å². The number of carbonyl (C=O) groups is 2. The first-order chi connectivity index (χ1) is 10.9. The maximum Gasteiger partial charge on any atom is 0.358 e. The fourth-order valence-electron chi connectivity index (χ4n) is 2.97. The molecule has 23 heavy (non-hydrogen) atoms. The van der Waals surface area contributed by atoms with Crippen LogP contribution in [0.25, 0.3) is 0 Å². The molecule has 1 aromatic heterocycles. The lowest BCUT2D eigenvalue weighted by atomic mass is 9.76. The van der Waals surface area contributed by atoms with Gasteiger partial charge in [-0.1, -0.05) is 18.2 Å². The standard InChI is InChI=1S/C17H19N3O3/c1-4-23-15(21)13-9-20(10-18-13)14-11-7-5-6-8-12(11)19-16(22)17(14,2)3/h5-10,14H,4H2,1-3H3,(H,19,22). The number of hydrogen-bond donors (Lipinski definition) is 1. The summed E-state index contributed by atoms with van der Waals surface area (Å²) in [6.45, 7) is 5.81. The molecule has 1 aliphatic rings. The number of benzene rings is 1. The first-order valence-corrected chi connectivity index (χ1v) is 7.56. The topological polar surface area (TPSA) is 73.2 Å². The molecule has 0 saturated heterocycles. The fraction of sp³-hybridized carbons (Fsp3) is 0.353. The van der Waals surface area contributed by atoms with Crippen molar-refractivity contribution < 1.29 is 14.3 Å². The van der Waals surface area contributed by atoms with Crippen LogP contribution in [0, 0.1) is 5.41 Å². The molecular weight excluding hydrogens is 294 g/mol. The molecule has 1 amide bonds. The van der Waals surface area contributed by atoms with Crippen molar-refractivity contribution >= 4 is 17.6 Å². The maximum absolute atomic E-state index is 12.5. The van der Waals surface area contributed by atoms with Crippen molar-refractivity contribution in [3.05, 3.63) is 48.0 Å².